The molecule has 0 aliphatic carbocycles. The largest absolute Gasteiger partial charge is 0.457 e. The SMILES string of the molecule is COCc1cccc(Oc2cccc(CNC(C)C)c2)c1. The Morgan fingerprint density at radius 1 is 0.952 bits per heavy atom. The Morgan fingerprint density at radius 3 is 2.19 bits per heavy atom. The number of methoxy groups -OCH3 is 1. The van der Waals surface area contributed by atoms with Crippen molar-refractivity contribution < 1.29 is 9.47 Å². The summed E-state index contributed by atoms with van der Waals surface area (Å²) >= 11 is 0. The number of ether oxygens (including phenoxy) is 2. The van der Waals surface area contributed by atoms with Gasteiger partial charge < -0.3 is 14.8 Å². The monoisotopic (exact) mass is 285 g/mol. The summed E-state index contributed by atoms with van der Waals surface area (Å²) in [6.07, 6.45) is 0. The van der Waals surface area contributed by atoms with Crippen LogP contribution in [0.25, 0.3) is 0 Å². The summed E-state index contributed by atoms with van der Waals surface area (Å²) in [5.41, 5.74) is 2.32. The van der Waals surface area contributed by atoms with Gasteiger partial charge in [0, 0.05) is 19.7 Å². The van der Waals surface area contributed by atoms with Gasteiger partial charge in [-0.2, -0.15) is 0 Å². The van der Waals surface area contributed by atoms with Crippen LogP contribution in [0.5, 0.6) is 11.5 Å². The molecule has 1 N–H and O–H groups in total. The van der Waals surface area contributed by atoms with Gasteiger partial charge in [0.15, 0.2) is 0 Å². The average molecular weight is 285 g/mol. The Kier molecular flexibility index (Phi) is 5.78. The summed E-state index contributed by atoms with van der Waals surface area (Å²) in [6, 6.07) is 16.6. The number of rotatable bonds is 7. The van der Waals surface area contributed by atoms with Crippen LogP contribution in [0, 0.1) is 0 Å². The molecule has 0 fully saturated rings. The zero-order valence-corrected chi connectivity index (χ0v) is 12.9. The lowest BCUT2D eigenvalue weighted by Crippen LogP contribution is -2.21. The average Bonchev–Trinajstić information content (AvgIpc) is 2.46. The summed E-state index contributed by atoms with van der Waals surface area (Å²) in [6.45, 7) is 5.72. The zero-order chi connectivity index (χ0) is 15.1. The fourth-order valence-corrected chi connectivity index (χ4v) is 2.04. The van der Waals surface area contributed by atoms with E-state index in [0.29, 0.717) is 12.6 Å². The predicted molar refractivity (Wildman–Crippen MR) is 85.6 cm³/mol. The quantitative estimate of drug-likeness (QED) is 0.830. The van der Waals surface area contributed by atoms with E-state index in [2.05, 4.69) is 31.3 Å². The van der Waals surface area contributed by atoms with Gasteiger partial charge in [-0.15, -0.1) is 0 Å². The molecule has 0 aliphatic rings. The van der Waals surface area contributed by atoms with E-state index in [0.717, 1.165) is 23.6 Å². The molecule has 0 amide bonds. The summed E-state index contributed by atoms with van der Waals surface area (Å²) < 4.78 is 11.1. The molecule has 0 radical (unpaired) electrons. The van der Waals surface area contributed by atoms with Crippen molar-refractivity contribution in [2.45, 2.75) is 33.0 Å². The molecule has 112 valence electrons. The highest BCUT2D eigenvalue weighted by Crippen LogP contribution is 2.23. The predicted octanol–water partition coefficient (Wildman–Crippen LogP) is 4.12. The Labute approximate surface area is 126 Å². The van der Waals surface area contributed by atoms with E-state index in [-0.39, 0.29) is 0 Å². The molecule has 21 heavy (non-hydrogen) atoms. The first-order valence-corrected chi connectivity index (χ1v) is 7.25. The molecule has 2 aromatic carbocycles. The third-order valence-electron chi connectivity index (χ3n) is 3.06. The molecule has 0 spiro atoms. The highest BCUT2D eigenvalue weighted by Gasteiger charge is 2.01. The van der Waals surface area contributed by atoms with Crippen molar-refractivity contribution >= 4 is 0 Å². The van der Waals surface area contributed by atoms with Crippen LogP contribution in [0.4, 0.5) is 0 Å². The van der Waals surface area contributed by atoms with Crippen LogP contribution in [0.15, 0.2) is 48.5 Å². The summed E-state index contributed by atoms with van der Waals surface area (Å²) in [4.78, 5) is 0. The second-order valence-corrected chi connectivity index (χ2v) is 5.37. The van der Waals surface area contributed by atoms with Gasteiger partial charge in [0.05, 0.1) is 6.61 Å². The molecule has 2 aromatic rings. The summed E-state index contributed by atoms with van der Waals surface area (Å²) in [7, 11) is 1.69. The van der Waals surface area contributed by atoms with Crippen LogP contribution in [0.2, 0.25) is 0 Å². The van der Waals surface area contributed by atoms with E-state index in [4.69, 9.17) is 9.47 Å². The van der Waals surface area contributed by atoms with Crippen molar-refractivity contribution in [1.82, 2.24) is 5.32 Å². The van der Waals surface area contributed by atoms with Crippen molar-refractivity contribution in [2.24, 2.45) is 0 Å². The molecule has 0 aliphatic heterocycles. The zero-order valence-electron chi connectivity index (χ0n) is 12.9. The third kappa shape index (κ3) is 5.21. The maximum Gasteiger partial charge on any atom is 0.127 e. The molecule has 3 heteroatoms. The second kappa shape index (κ2) is 7.81. The molecule has 2 rings (SSSR count). The third-order valence-corrected chi connectivity index (χ3v) is 3.06. The number of benzene rings is 2. The first-order valence-electron chi connectivity index (χ1n) is 7.25. The summed E-state index contributed by atoms with van der Waals surface area (Å²) in [5, 5.41) is 3.41. The Balaban J connectivity index is 2.05. The maximum atomic E-state index is 5.93. The minimum absolute atomic E-state index is 0.472. The number of hydrogen-bond donors (Lipinski definition) is 1. The summed E-state index contributed by atoms with van der Waals surface area (Å²) in [5.74, 6) is 1.69. The Bertz CT molecular complexity index is 567. The van der Waals surface area contributed by atoms with E-state index < -0.39 is 0 Å². The van der Waals surface area contributed by atoms with E-state index >= 15 is 0 Å². The fourth-order valence-electron chi connectivity index (χ4n) is 2.04. The van der Waals surface area contributed by atoms with Crippen LogP contribution in [-0.4, -0.2) is 13.2 Å². The van der Waals surface area contributed by atoms with E-state index in [9.17, 15) is 0 Å². The van der Waals surface area contributed by atoms with Crippen LogP contribution in [0.1, 0.15) is 25.0 Å². The standard InChI is InChI=1S/C18H23NO2/c1-14(2)19-12-15-6-4-8-17(10-15)21-18-9-5-7-16(11-18)13-20-3/h4-11,14,19H,12-13H2,1-3H3. The topological polar surface area (TPSA) is 30.5 Å². The van der Waals surface area contributed by atoms with Gasteiger partial charge >= 0.3 is 0 Å². The first-order chi connectivity index (χ1) is 10.2. The fraction of sp³-hybridized carbons (Fsp3) is 0.333. The first kappa shape index (κ1) is 15.5. The lowest BCUT2D eigenvalue weighted by molar-refractivity contribution is 0.184. The minimum atomic E-state index is 0.472. The molecule has 0 aromatic heterocycles. The molecule has 0 saturated heterocycles. The van der Waals surface area contributed by atoms with Crippen molar-refractivity contribution in [1.29, 1.82) is 0 Å². The molecular formula is C18H23NO2. The molecule has 0 saturated carbocycles. The lowest BCUT2D eigenvalue weighted by Gasteiger charge is -2.11. The van der Waals surface area contributed by atoms with Crippen LogP contribution in [-0.2, 0) is 17.9 Å². The molecule has 0 heterocycles. The van der Waals surface area contributed by atoms with Crippen LogP contribution in [0.3, 0.4) is 0 Å². The van der Waals surface area contributed by atoms with Gasteiger partial charge in [0.1, 0.15) is 11.5 Å². The molecular weight excluding hydrogens is 262 g/mol. The van der Waals surface area contributed by atoms with Gasteiger partial charge in [-0.05, 0) is 35.4 Å². The normalized spacial score (nSPS) is 10.9. The smallest absolute Gasteiger partial charge is 0.127 e. The van der Waals surface area contributed by atoms with E-state index in [1.165, 1.54) is 5.56 Å². The van der Waals surface area contributed by atoms with Crippen LogP contribution >= 0.6 is 0 Å². The maximum absolute atomic E-state index is 5.93. The van der Waals surface area contributed by atoms with Gasteiger partial charge in [-0.25, -0.2) is 0 Å². The van der Waals surface area contributed by atoms with Crippen LogP contribution < -0.4 is 10.1 Å². The number of hydrogen-bond acceptors (Lipinski definition) is 3. The van der Waals surface area contributed by atoms with Gasteiger partial charge in [0.2, 0.25) is 0 Å². The van der Waals surface area contributed by atoms with E-state index in [1.54, 1.807) is 7.11 Å². The van der Waals surface area contributed by atoms with Gasteiger partial charge in [-0.3, -0.25) is 0 Å². The van der Waals surface area contributed by atoms with Crippen molar-refractivity contribution in [3.63, 3.8) is 0 Å². The highest BCUT2D eigenvalue weighted by atomic mass is 16.5. The van der Waals surface area contributed by atoms with Crippen molar-refractivity contribution in [3.05, 3.63) is 59.7 Å². The van der Waals surface area contributed by atoms with Crippen molar-refractivity contribution in [3.8, 4) is 11.5 Å². The molecule has 0 unspecified atom stereocenters. The highest BCUT2D eigenvalue weighted by molar-refractivity contribution is 5.35. The van der Waals surface area contributed by atoms with Gasteiger partial charge in [-0.1, -0.05) is 38.1 Å². The van der Waals surface area contributed by atoms with E-state index in [1.807, 2.05) is 36.4 Å². The molecule has 0 atom stereocenters. The second-order valence-electron chi connectivity index (χ2n) is 5.37. The van der Waals surface area contributed by atoms with Crippen molar-refractivity contribution in [2.75, 3.05) is 7.11 Å². The lowest BCUT2D eigenvalue weighted by atomic mass is 10.2. The minimum Gasteiger partial charge on any atom is -0.457 e. The molecule has 3 nitrogen and oxygen atoms in total. The van der Waals surface area contributed by atoms with Gasteiger partial charge in [0.25, 0.3) is 0 Å². The number of nitrogens with one attached hydrogen (secondary N) is 1. The Morgan fingerprint density at radius 2 is 1.57 bits per heavy atom. The molecule has 0 bridgehead atoms. The Hall–Kier alpha value is -1.84.